The van der Waals surface area contributed by atoms with E-state index < -0.39 is 0 Å². The summed E-state index contributed by atoms with van der Waals surface area (Å²) in [5.74, 6) is 9.03. The number of para-hydroxylation sites is 1. The number of nitrogen functional groups attached to an aromatic ring is 1. The lowest BCUT2D eigenvalue weighted by atomic mass is 9.93. The van der Waals surface area contributed by atoms with Gasteiger partial charge < -0.3 is 25.0 Å². The Balaban J connectivity index is 1.26. The minimum absolute atomic E-state index is 0.0126. The number of aromatic nitrogens is 3. The van der Waals surface area contributed by atoms with Crippen LogP contribution in [-0.2, 0) is 11.3 Å². The SMILES string of the molecule is C=CC(=O)N1CCC(N2CC(C#Cc3c(-c4ccc(Oc5ccccc5)cc4)c4c(N)ncnc4n3CCO)C2)CC1. The first-order valence-electron chi connectivity index (χ1n) is 14.3. The van der Waals surface area contributed by atoms with Crippen molar-refractivity contribution in [2.24, 2.45) is 5.92 Å². The predicted octanol–water partition coefficient (Wildman–Crippen LogP) is 3.93. The van der Waals surface area contributed by atoms with E-state index in [9.17, 15) is 9.90 Å². The molecule has 42 heavy (non-hydrogen) atoms. The van der Waals surface area contributed by atoms with Crippen LogP contribution < -0.4 is 10.5 Å². The number of aliphatic hydroxyl groups is 1. The monoisotopic (exact) mass is 562 g/mol. The second-order valence-electron chi connectivity index (χ2n) is 10.7. The molecule has 0 saturated carbocycles. The zero-order valence-electron chi connectivity index (χ0n) is 23.4. The molecule has 2 aliphatic rings. The van der Waals surface area contributed by atoms with Crippen LogP contribution in [0.3, 0.4) is 0 Å². The number of nitrogens with zero attached hydrogens (tertiary/aromatic N) is 5. The number of piperidine rings is 1. The number of carbonyl (C=O) groups is 1. The van der Waals surface area contributed by atoms with Gasteiger partial charge in [-0.15, -0.1) is 0 Å². The van der Waals surface area contributed by atoms with E-state index >= 15 is 0 Å². The highest BCUT2D eigenvalue weighted by atomic mass is 16.5. The highest BCUT2D eigenvalue weighted by molar-refractivity contribution is 6.03. The summed E-state index contributed by atoms with van der Waals surface area (Å²) >= 11 is 0. The van der Waals surface area contributed by atoms with E-state index in [0.717, 1.165) is 72.7 Å². The molecule has 0 atom stereocenters. The molecular weight excluding hydrogens is 528 g/mol. The molecule has 1 amide bonds. The third-order valence-electron chi connectivity index (χ3n) is 8.09. The van der Waals surface area contributed by atoms with Crippen LogP contribution in [0.15, 0.2) is 73.6 Å². The van der Waals surface area contributed by atoms with Crippen molar-refractivity contribution in [1.82, 2.24) is 24.3 Å². The van der Waals surface area contributed by atoms with Crippen molar-refractivity contribution in [3.05, 3.63) is 79.3 Å². The van der Waals surface area contributed by atoms with Gasteiger partial charge in [0.25, 0.3) is 0 Å². The van der Waals surface area contributed by atoms with Crippen molar-refractivity contribution >= 4 is 22.8 Å². The number of rotatable bonds is 7. The number of carbonyl (C=O) groups excluding carboxylic acids is 1. The standard InChI is InChI=1S/C33H34N6O3/c1-2-29(41)37-16-14-25(15-17-37)38-20-23(21-38)8-13-28-30(31-32(34)35-22-36-33(31)39(28)18-19-40)24-9-11-27(12-10-24)42-26-6-4-3-5-7-26/h2-7,9-12,22-23,25,40H,1,14-21H2,(H2,34,35,36). The molecule has 2 aromatic carbocycles. The molecular formula is C33H34N6O3. The van der Waals surface area contributed by atoms with Crippen LogP contribution in [0.5, 0.6) is 11.5 Å². The molecule has 214 valence electrons. The molecule has 0 aliphatic carbocycles. The number of hydrogen-bond acceptors (Lipinski definition) is 7. The van der Waals surface area contributed by atoms with Gasteiger partial charge in [-0.05, 0) is 54.7 Å². The van der Waals surface area contributed by atoms with Crippen molar-refractivity contribution < 1.29 is 14.6 Å². The number of aliphatic hydroxyl groups excluding tert-OH is 1. The van der Waals surface area contributed by atoms with E-state index in [1.54, 1.807) is 0 Å². The molecule has 2 aliphatic heterocycles. The summed E-state index contributed by atoms with van der Waals surface area (Å²) in [5.41, 5.74) is 9.58. The van der Waals surface area contributed by atoms with Crippen molar-refractivity contribution in [3.8, 4) is 34.5 Å². The summed E-state index contributed by atoms with van der Waals surface area (Å²) < 4.78 is 7.93. The summed E-state index contributed by atoms with van der Waals surface area (Å²) in [6.45, 7) is 7.21. The molecule has 4 heterocycles. The zero-order valence-corrected chi connectivity index (χ0v) is 23.4. The molecule has 3 N–H and O–H groups in total. The van der Waals surface area contributed by atoms with E-state index in [2.05, 4.69) is 33.3 Å². The molecule has 0 radical (unpaired) electrons. The number of anilines is 1. The number of ether oxygens (including phenoxy) is 1. The van der Waals surface area contributed by atoms with Crippen molar-refractivity contribution in [1.29, 1.82) is 0 Å². The quantitative estimate of drug-likeness (QED) is 0.260. The lowest BCUT2D eigenvalue weighted by Crippen LogP contribution is -2.55. The first-order chi connectivity index (χ1) is 20.6. The average molecular weight is 563 g/mol. The van der Waals surface area contributed by atoms with Gasteiger partial charge >= 0.3 is 0 Å². The highest BCUT2D eigenvalue weighted by Crippen LogP contribution is 2.37. The van der Waals surface area contributed by atoms with Crippen LogP contribution in [0.25, 0.3) is 22.2 Å². The normalized spacial score (nSPS) is 16.1. The Hall–Kier alpha value is -4.65. The molecule has 0 bridgehead atoms. The summed E-state index contributed by atoms with van der Waals surface area (Å²) in [5, 5.41) is 10.6. The van der Waals surface area contributed by atoms with Gasteiger partial charge in [-0.2, -0.15) is 0 Å². The van der Waals surface area contributed by atoms with Gasteiger partial charge in [0.1, 0.15) is 35.0 Å². The van der Waals surface area contributed by atoms with Crippen LogP contribution in [0.4, 0.5) is 5.82 Å². The second-order valence-corrected chi connectivity index (χ2v) is 10.7. The maximum Gasteiger partial charge on any atom is 0.245 e. The van der Waals surface area contributed by atoms with Gasteiger partial charge in [0, 0.05) is 50.2 Å². The molecule has 2 fully saturated rings. The van der Waals surface area contributed by atoms with Gasteiger partial charge in [-0.1, -0.05) is 42.8 Å². The minimum atomic E-state index is -0.0596. The molecule has 6 rings (SSSR count). The van der Waals surface area contributed by atoms with Crippen molar-refractivity contribution in [3.63, 3.8) is 0 Å². The number of hydrogen-bond donors (Lipinski definition) is 2. The lowest BCUT2D eigenvalue weighted by molar-refractivity contribution is -0.127. The minimum Gasteiger partial charge on any atom is -0.457 e. The molecule has 2 saturated heterocycles. The largest absolute Gasteiger partial charge is 0.457 e. The first kappa shape index (κ1) is 27.5. The first-order valence-corrected chi connectivity index (χ1v) is 14.3. The highest BCUT2D eigenvalue weighted by Gasteiger charge is 2.34. The van der Waals surface area contributed by atoms with E-state index in [-0.39, 0.29) is 18.4 Å². The Labute approximate surface area is 245 Å². The van der Waals surface area contributed by atoms with Crippen molar-refractivity contribution in [2.45, 2.75) is 25.4 Å². The number of fused-ring (bicyclic) bond motifs is 1. The van der Waals surface area contributed by atoms with Gasteiger partial charge in [-0.25, -0.2) is 9.97 Å². The Kier molecular flexibility index (Phi) is 7.91. The van der Waals surface area contributed by atoms with Gasteiger partial charge in [0.2, 0.25) is 5.91 Å². The third-order valence-corrected chi connectivity index (χ3v) is 8.09. The molecule has 4 aromatic rings. The van der Waals surface area contributed by atoms with Gasteiger partial charge in [-0.3, -0.25) is 9.69 Å². The number of likely N-dealkylation sites (tertiary alicyclic amines) is 2. The fourth-order valence-corrected chi connectivity index (χ4v) is 5.89. The Morgan fingerprint density at radius 2 is 1.79 bits per heavy atom. The van der Waals surface area contributed by atoms with Crippen LogP contribution in [0.2, 0.25) is 0 Å². The molecule has 9 heteroatoms. The average Bonchev–Trinajstić information content (AvgIpc) is 3.31. The molecule has 9 nitrogen and oxygen atoms in total. The summed E-state index contributed by atoms with van der Waals surface area (Å²) in [6, 6.07) is 17.9. The Morgan fingerprint density at radius 1 is 1.07 bits per heavy atom. The smallest absolute Gasteiger partial charge is 0.245 e. The summed E-state index contributed by atoms with van der Waals surface area (Å²) in [6.07, 6.45) is 4.78. The van der Waals surface area contributed by atoms with Crippen LogP contribution in [0, 0.1) is 17.8 Å². The fraction of sp³-hybridized carbons (Fsp3) is 0.303. The second kappa shape index (κ2) is 12.1. The van der Waals surface area contributed by atoms with Gasteiger partial charge in [0.15, 0.2) is 0 Å². The van der Waals surface area contributed by atoms with Crippen LogP contribution in [0.1, 0.15) is 18.5 Å². The third kappa shape index (κ3) is 5.47. The summed E-state index contributed by atoms with van der Waals surface area (Å²) in [4.78, 5) is 25.0. The number of amides is 1. The Bertz CT molecular complexity index is 1640. The van der Waals surface area contributed by atoms with E-state index in [1.165, 1.54) is 12.4 Å². The van der Waals surface area contributed by atoms with E-state index in [4.69, 9.17) is 10.5 Å². The van der Waals surface area contributed by atoms with Crippen LogP contribution >= 0.6 is 0 Å². The maximum atomic E-state index is 11.9. The molecule has 0 spiro atoms. The predicted molar refractivity (Wildman–Crippen MR) is 163 cm³/mol. The maximum absolute atomic E-state index is 11.9. The topological polar surface area (TPSA) is 110 Å². The lowest BCUT2D eigenvalue weighted by Gasteiger charge is -2.45. The zero-order chi connectivity index (χ0) is 29.1. The van der Waals surface area contributed by atoms with Crippen LogP contribution in [-0.4, -0.2) is 74.2 Å². The summed E-state index contributed by atoms with van der Waals surface area (Å²) in [7, 11) is 0. The van der Waals surface area contributed by atoms with Crippen molar-refractivity contribution in [2.75, 3.05) is 38.5 Å². The number of benzene rings is 2. The van der Waals surface area contributed by atoms with E-state index in [0.29, 0.717) is 24.1 Å². The molecule has 0 unspecified atom stereocenters. The fourth-order valence-electron chi connectivity index (χ4n) is 5.89. The van der Waals surface area contributed by atoms with E-state index in [1.807, 2.05) is 64.1 Å². The Morgan fingerprint density at radius 3 is 2.48 bits per heavy atom. The number of nitrogens with two attached hydrogens (primary N) is 1. The molecule has 2 aromatic heterocycles. The van der Waals surface area contributed by atoms with Gasteiger partial charge in [0.05, 0.1) is 12.0 Å².